The van der Waals surface area contributed by atoms with Crippen LogP contribution < -0.4 is 0 Å². The standard InChI is InChI=1S/C21H17N3O7/c1-13-10-14(6-7-16(13)24(27)28)21(26)31-12-20(25)23-17(19-5-3-9-30-19)11-15(22-23)18-4-2-8-29-18/h2-10,17H,11-12H2,1H3. The van der Waals surface area contributed by atoms with Crippen molar-refractivity contribution in [1.29, 1.82) is 0 Å². The van der Waals surface area contributed by atoms with Crippen molar-refractivity contribution in [3.05, 3.63) is 87.8 Å². The molecule has 1 unspecified atom stereocenters. The second-order valence-electron chi connectivity index (χ2n) is 6.83. The van der Waals surface area contributed by atoms with E-state index in [0.717, 1.165) is 0 Å². The van der Waals surface area contributed by atoms with Crippen molar-refractivity contribution in [2.75, 3.05) is 6.61 Å². The highest BCUT2D eigenvalue weighted by Crippen LogP contribution is 2.33. The van der Waals surface area contributed by atoms with Gasteiger partial charge >= 0.3 is 5.97 Å². The number of hydrogen-bond acceptors (Lipinski definition) is 8. The third-order valence-electron chi connectivity index (χ3n) is 4.80. The Labute approximate surface area is 175 Å². The Balaban J connectivity index is 1.47. The number of nitrogens with zero attached hydrogens (tertiary/aromatic N) is 3. The summed E-state index contributed by atoms with van der Waals surface area (Å²) in [6, 6.07) is 10.3. The van der Waals surface area contributed by atoms with E-state index in [1.54, 1.807) is 24.3 Å². The fourth-order valence-corrected chi connectivity index (χ4v) is 3.30. The number of aryl methyl sites for hydroxylation is 1. The Morgan fingerprint density at radius 2 is 2.00 bits per heavy atom. The van der Waals surface area contributed by atoms with E-state index in [-0.39, 0.29) is 11.3 Å². The van der Waals surface area contributed by atoms with Gasteiger partial charge in [0.15, 0.2) is 6.61 Å². The lowest BCUT2D eigenvalue weighted by Gasteiger charge is -2.19. The van der Waals surface area contributed by atoms with Gasteiger partial charge in [0.1, 0.15) is 23.3 Å². The maximum absolute atomic E-state index is 12.8. The van der Waals surface area contributed by atoms with Crippen LogP contribution in [0.4, 0.5) is 5.69 Å². The monoisotopic (exact) mass is 423 g/mol. The van der Waals surface area contributed by atoms with Crippen LogP contribution in [-0.2, 0) is 9.53 Å². The number of amides is 1. The number of ether oxygens (including phenoxy) is 1. The number of benzene rings is 1. The van der Waals surface area contributed by atoms with Gasteiger partial charge in [-0.05, 0) is 43.3 Å². The largest absolute Gasteiger partial charge is 0.467 e. The van der Waals surface area contributed by atoms with E-state index >= 15 is 0 Å². The van der Waals surface area contributed by atoms with Crippen molar-refractivity contribution in [3.63, 3.8) is 0 Å². The van der Waals surface area contributed by atoms with Crippen molar-refractivity contribution in [2.24, 2.45) is 5.10 Å². The highest BCUT2D eigenvalue weighted by Gasteiger charge is 2.36. The van der Waals surface area contributed by atoms with Gasteiger partial charge in [-0.15, -0.1) is 0 Å². The number of esters is 1. The summed E-state index contributed by atoms with van der Waals surface area (Å²) in [5.41, 5.74) is 0.887. The molecule has 31 heavy (non-hydrogen) atoms. The molecule has 10 nitrogen and oxygen atoms in total. The molecule has 0 spiro atoms. The zero-order valence-electron chi connectivity index (χ0n) is 16.4. The van der Waals surface area contributed by atoms with Crippen LogP contribution in [0.1, 0.15) is 39.9 Å². The number of carbonyl (C=O) groups is 2. The molecule has 158 valence electrons. The summed E-state index contributed by atoms with van der Waals surface area (Å²) in [5.74, 6) is -0.244. The maximum atomic E-state index is 12.8. The fraction of sp³-hybridized carbons (Fsp3) is 0.190. The van der Waals surface area contributed by atoms with E-state index in [2.05, 4.69) is 5.10 Å². The molecule has 1 atom stereocenters. The summed E-state index contributed by atoms with van der Waals surface area (Å²) in [6.07, 6.45) is 3.39. The number of hydrazone groups is 1. The Hall–Kier alpha value is -4.21. The van der Waals surface area contributed by atoms with E-state index in [1.165, 1.54) is 42.7 Å². The summed E-state index contributed by atoms with van der Waals surface area (Å²) >= 11 is 0. The van der Waals surface area contributed by atoms with Crippen LogP contribution in [0.25, 0.3) is 0 Å². The molecule has 0 radical (unpaired) electrons. The summed E-state index contributed by atoms with van der Waals surface area (Å²) in [5, 5.41) is 16.5. The zero-order valence-corrected chi connectivity index (χ0v) is 16.4. The van der Waals surface area contributed by atoms with Crippen molar-refractivity contribution < 1.29 is 28.1 Å². The lowest BCUT2D eigenvalue weighted by atomic mass is 10.1. The van der Waals surface area contributed by atoms with Gasteiger partial charge in [-0.1, -0.05) is 0 Å². The molecular formula is C21H17N3O7. The first-order valence-corrected chi connectivity index (χ1v) is 9.33. The number of nitro groups is 1. The van der Waals surface area contributed by atoms with Gasteiger partial charge in [0, 0.05) is 18.1 Å². The molecule has 10 heteroatoms. The number of furan rings is 2. The van der Waals surface area contributed by atoms with Crippen LogP contribution >= 0.6 is 0 Å². The normalized spacial score (nSPS) is 15.6. The molecule has 2 aromatic heterocycles. The van der Waals surface area contributed by atoms with Gasteiger partial charge in [0.25, 0.3) is 11.6 Å². The van der Waals surface area contributed by atoms with E-state index in [0.29, 0.717) is 29.2 Å². The van der Waals surface area contributed by atoms with Gasteiger partial charge in [0.2, 0.25) is 0 Å². The Bertz CT molecular complexity index is 1150. The fourth-order valence-electron chi connectivity index (χ4n) is 3.30. The first-order chi connectivity index (χ1) is 14.9. The van der Waals surface area contributed by atoms with Crippen LogP contribution in [0.3, 0.4) is 0 Å². The van der Waals surface area contributed by atoms with Gasteiger partial charge in [-0.2, -0.15) is 5.10 Å². The average molecular weight is 423 g/mol. The number of hydrogen-bond donors (Lipinski definition) is 0. The minimum absolute atomic E-state index is 0.106. The molecule has 0 fully saturated rings. The Kier molecular flexibility index (Phi) is 5.35. The van der Waals surface area contributed by atoms with Gasteiger partial charge in [-0.3, -0.25) is 14.9 Å². The third-order valence-corrected chi connectivity index (χ3v) is 4.80. The maximum Gasteiger partial charge on any atom is 0.338 e. The van der Waals surface area contributed by atoms with E-state index in [4.69, 9.17) is 13.6 Å². The Morgan fingerprint density at radius 3 is 2.65 bits per heavy atom. The molecule has 0 saturated heterocycles. The van der Waals surface area contributed by atoms with Crippen LogP contribution in [-0.4, -0.2) is 34.1 Å². The van der Waals surface area contributed by atoms with Crippen molar-refractivity contribution in [2.45, 2.75) is 19.4 Å². The lowest BCUT2D eigenvalue weighted by Crippen LogP contribution is -2.31. The highest BCUT2D eigenvalue weighted by atomic mass is 16.6. The third kappa shape index (κ3) is 4.08. The predicted molar refractivity (Wildman–Crippen MR) is 106 cm³/mol. The number of nitro benzene ring substituents is 1. The molecule has 0 saturated carbocycles. The quantitative estimate of drug-likeness (QED) is 0.336. The second kappa shape index (κ2) is 8.27. The smallest absolute Gasteiger partial charge is 0.338 e. The van der Waals surface area contributed by atoms with Crippen LogP contribution in [0.5, 0.6) is 0 Å². The van der Waals surface area contributed by atoms with Crippen molar-refractivity contribution >= 4 is 23.3 Å². The zero-order chi connectivity index (χ0) is 22.0. The topological polar surface area (TPSA) is 128 Å². The lowest BCUT2D eigenvalue weighted by molar-refractivity contribution is -0.385. The molecule has 1 aromatic carbocycles. The van der Waals surface area contributed by atoms with Crippen LogP contribution in [0, 0.1) is 17.0 Å². The average Bonchev–Trinajstić information content (AvgIpc) is 3.51. The molecular weight excluding hydrogens is 406 g/mol. The summed E-state index contributed by atoms with van der Waals surface area (Å²) < 4.78 is 15.9. The molecule has 0 bridgehead atoms. The number of rotatable bonds is 6. The molecule has 0 N–H and O–H groups in total. The first kappa shape index (κ1) is 20.1. The molecule has 1 aliphatic rings. The second-order valence-corrected chi connectivity index (χ2v) is 6.83. The summed E-state index contributed by atoms with van der Waals surface area (Å²) in [7, 11) is 0. The predicted octanol–water partition coefficient (Wildman–Crippen LogP) is 3.62. The molecule has 3 aromatic rings. The Morgan fingerprint density at radius 1 is 1.23 bits per heavy atom. The minimum atomic E-state index is -0.768. The molecule has 3 heterocycles. The molecule has 4 rings (SSSR count). The molecule has 0 aliphatic carbocycles. The van der Waals surface area contributed by atoms with E-state index < -0.39 is 29.4 Å². The summed E-state index contributed by atoms with van der Waals surface area (Å²) in [6.45, 7) is 0.962. The van der Waals surface area contributed by atoms with Crippen LogP contribution in [0.2, 0.25) is 0 Å². The van der Waals surface area contributed by atoms with Crippen LogP contribution in [0.15, 0.2) is 68.9 Å². The van der Waals surface area contributed by atoms with E-state index in [1.807, 2.05) is 0 Å². The molecule has 1 amide bonds. The number of carbonyl (C=O) groups excluding carboxylic acids is 2. The SMILES string of the molecule is Cc1cc(C(=O)OCC(=O)N2N=C(c3ccco3)CC2c2ccco2)ccc1[N+](=O)[O-]. The first-order valence-electron chi connectivity index (χ1n) is 9.33. The van der Waals surface area contributed by atoms with Gasteiger partial charge < -0.3 is 13.6 Å². The van der Waals surface area contributed by atoms with Crippen molar-refractivity contribution in [1.82, 2.24) is 5.01 Å². The van der Waals surface area contributed by atoms with Gasteiger partial charge in [0.05, 0.1) is 23.0 Å². The molecule has 1 aliphatic heterocycles. The minimum Gasteiger partial charge on any atom is -0.467 e. The van der Waals surface area contributed by atoms with Gasteiger partial charge in [-0.25, -0.2) is 9.80 Å². The highest BCUT2D eigenvalue weighted by molar-refractivity contribution is 6.01. The summed E-state index contributed by atoms with van der Waals surface area (Å²) in [4.78, 5) is 35.5. The van der Waals surface area contributed by atoms with E-state index in [9.17, 15) is 19.7 Å². The van der Waals surface area contributed by atoms with Crippen molar-refractivity contribution in [3.8, 4) is 0 Å².